The van der Waals surface area contributed by atoms with E-state index in [1.807, 2.05) is 36.4 Å². The maximum absolute atomic E-state index is 14.0. The number of benzene rings is 3. The largest absolute Gasteiger partial charge is 0.493 e. The smallest absolute Gasteiger partial charge is 0.271 e. The number of carbonyl (C=O) groups excluding carboxylic acids is 1. The number of nitrogens with zero attached hydrogens (tertiary/aromatic N) is 3. The fourth-order valence-corrected chi connectivity index (χ4v) is 5.69. The molecule has 0 unspecified atom stereocenters. The minimum absolute atomic E-state index is 0.121. The predicted octanol–water partition coefficient (Wildman–Crippen LogP) is 3.79. The lowest BCUT2D eigenvalue weighted by atomic mass is 9.94. The molecule has 1 atom stereocenters. The van der Waals surface area contributed by atoms with Crippen LogP contribution >= 0.6 is 11.3 Å². The molecule has 1 aliphatic rings. The number of aromatic nitrogens is 1. The topological polar surface area (TPSA) is 115 Å². The fourth-order valence-electron chi connectivity index (χ4n) is 4.65. The number of ether oxygens (including phenoxy) is 3. The van der Waals surface area contributed by atoms with Crippen LogP contribution in [0.4, 0.5) is 5.69 Å². The van der Waals surface area contributed by atoms with E-state index < -0.39 is 6.04 Å². The van der Waals surface area contributed by atoms with Gasteiger partial charge >= 0.3 is 0 Å². The fraction of sp³-hybridized carbons (Fsp3) is 0.161. The Morgan fingerprint density at radius 2 is 1.78 bits per heavy atom. The summed E-state index contributed by atoms with van der Waals surface area (Å²) in [6, 6.07) is 22.8. The van der Waals surface area contributed by atoms with Gasteiger partial charge in [0.2, 0.25) is 0 Å². The number of methoxy groups -OCH3 is 2. The number of rotatable bonds is 8. The van der Waals surface area contributed by atoms with Gasteiger partial charge in [0.1, 0.15) is 11.8 Å². The number of nitriles is 1. The highest BCUT2D eigenvalue weighted by Crippen LogP contribution is 2.36. The maximum atomic E-state index is 14.0. The number of allylic oxidation sites excluding steroid dienone is 1. The van der Waals surface area contributed by atoms with Gasteiger partial charge in [-0.2, -0.15) is 5.26 Å². The number of nitrogens with one attached hydrogen (secondary N) is 1. The van der Waals surface area contributed by atoms with Gasteiger partial charge in [-0.1, -0.05) is 53.8 Å². The van der Waals surface area contributed by atoms with E-state index in [2.05, 4.69) is 10.3 Å². The standard InChI is InChI=1S/C31H26N4O5S/c1-19-27(29(36)34-22-10-5-4-6-11-22)28(21-13-14-24(38-2)25(17-21)39-3)35-30(37)26(41-31(35)33-19)18-20-9-7-8-12-23(20)40-16-15-32/h4-14,17-18,28H,16H2,1-3H3,(H,34,36)/b26-18-/t28-/m1/s1. The van der Waals surface area contributed by atoms with Crippen molar-refractivity contribution in [3.05, 3.63) is 115 Å². The minimum atomic E-state index is -0.790. The van der Waals surface area contributed by atoms with Crippen molar-refractivity contribution in [2.24, 2.45) is 4.99 Å². The Labute approximate surface area is 239 Å². The highest BCUT2D eigenvalue weighted by Gasteiger charge is 2.33. The van der Waals surface area contributed by atoms with Gasteiger partial charge in [-0.15, -0.1) is 0 Å². The van der Waals surface area contributed by atoms with Crippen LogP contribution in [-0.4, -0.2) is 31.3 Å². The summed E-state index contributed by atoms with van der Waals surface area (Å²) in [5.74, 6) is 1.10. The number of fused-ring (bicyclic) bond motifs is 1. The summed E-state index contributed by atoms with van der Waals surface area (Å²) in [7, 11) is 3.07. The molecule has 2 heterocycles. The number of amides is 1. The number of thiazole rings is 1. The molecule has 0 aliphatic carbocycles. The molecule has 4 aromatic rings. The molecule has 1 N–H and O–H groups in total. The second-order valence-corrected chi connectivity index (χ2v) is 10.0. The summed E-state index contributed by atoms with van der Waals surface area (Å²) in [5.41, 5.74) is 2.42. The predicted molar refractivity (Wildman–Crippen MR) is 156 cm³/mol. The molecule has 1 aromatic heterocycles. The first-order chi connectivity index (χ1) is 19.9. The molecular formula is C31H26N4O5S. The Morgan fingerprint density at radius 1 is 1.05 bits per heavy atom. The normalized spacial score (nSPS) is 14.5. The number of carbonyl (C=O) groups is 1. The third kappa shape index (κ3) is 5.48. The summed E-state index contributed by atoms with van der Waals surface area (Å²) in [5, 5.41) is 11.9. The van der Waals surface area contributed by atoms with Crippen molar-refractivity contribution in [2.75, 3.05) is 26.1 Å². The van der Waals surface area contributed by atoms with Gasteiger partial charge in [-0.25, -0.2) is 4.99 Å². The van der Waals surface area contributed by atoms with E-state index in [1.54, 1.807) is 62.6 Å². The average molecular weight is 567 g/mol. The Kier molecular flexibility index (Phi) is 7.99. The molecule has 0 saturated heterocycles. The SMILES string of the molecule is COc1ccc([C@@H]2C(C(=O)Nc3ccccc3)=C(C)N=c3s/c(=C\c4ccccc4OCC#N)c(=O)n32)cc1OC. The van der Waals surface area contributed by atoms with E-state index in [-0.39, 0.29) is 18.1 Å². The lowest BCUT2D eigenvalue weighted by molar-refractivity contribution is -0.113. The number of anilines is 1. The Bertz CT molecular complexity index is 1870. The van der Waals surface area contributed by atoms with Crippen molar-refractivity contribution in [3.8, 4) is 23.3 Å². The third-order valence-corrected chi connectivity index (χ3v) is 7.50. The molecule has 206 valence electrons. The van der Waals surface area contributed by atoms with Crippen molar-refractivity contribution in [2.45, 2.75) is 13.0 Å². The lowest BCUT2D eigenvalue weighted by Crippen LogP contribution is -2.40. The quantitative estimate of drug-likeness (QED) is 0.347. The van der Waals surface area contributed by atoms with Crippen LogP contribution in [0.15, 0.2) is 93.9 Å². The van der Waals surface area contributed by atoms with Crippen LogP contribution < -0.4 is 34.4 Å². The van der Waals surface area contributed by atoms with E-state index in [0.29, 0.717) is 54.7 Å². The monoisotopic (exact) mass is 566 g/mol. The average Bonchev–Trinajstić information content (AvgIpc) is 3.29. The van der Waals surface area contributed by atoms with Crippen LogP contribution in [0.1, 0.15) is 24.1 Å². The van der Waals surface area contributed by atoms with Crippen molar-refractivity contribution < 1.29 is 19.0 Å². The van der Waals surface area contributed by atoms with Crippen molar-refractivity contribution in [1.29, 1.82) is 5.26 Å². The summed E-state index contributed by atoms with van der Waals surface area (Å²) >= 11 is 1.21. The minimum Gasteiger partial charge on any atom is -0.493 e. The molecule has 0 bridgehead atoms. The van der Waals surface area contributed by atoms with Crippen LogP contribution in [0.5, 0.6) is 17.2 Å². The lowest BCUT2D eigenvalue weighted by Gasteiger charge is -2.26. The van der Waals surface area contributed by atoms with Crippen molar-refractivity contribution in [1.82, 2.24) is 4.57 Å². The zero-order chi connectivity index (χ0) is 28.9. The van der Waals surface area contributed by atoms with E-state index in [1.165, 1.54) is 23.0 Å². The summed E-state index contributed by atoms with van der Waals surface area (Å²) in [6.45, 7) is 1.64. The molecule has 0 fully saturated rings. The molecule has 0 spiro atoms. The van der Waals surface area contributed by atoms with E-state index in [0.717, 1.165) is 0 Å². The molecule has 1 amide bonds. The van der Waals surface area contributed by atoms with Crippen LogP contribution in [0, 0.1) is 11.3 Å². The second kappa shape index (κ2) is 11.9. The Balaban J connectivity index is 1.69. The molecule has 9 nitrogen and oxygen atoms in total. The maximum Gasteiger partial charge on any atom is 0.271 e. The van der Waals surface area contributed by atoms with E-state index in [4.69, 9.17) is 19.5 Å². The van der Waals surface area contributed by atoms with Crippen molar-refractivity contribution >= 4 is 29.0 Å². The first-order valence-corrected chi connectivity index (χ1v) is 13.5. The second-order valence-electron chi connectivity index (χ2n) is 9.00. The van der Waals surface area contributed by atoms with E-state index in [9.17, 15) is 9.59 Å². The van der Waals surface area contributed by atoms with Gasteiger partial charge < -0.3 is 19.5 Å². The van der Waals surface area contributed by atoms with Crippen molar-refractivity contribution in [3.63, 3.8) is 0 Å². The zero-order valence-corrected chi connectivity index (χ0v) is 23.4. The summed E-state index contributed by atoms with van der Waals surface area (Å²) in [4.78, 5) is 32.9. The van der Waals surface area contributed by atoms with Gasteiger partial charge in [0.25, 0.3) is 11.5 Å². The van der Waals surface area contributed by atoms with Crippen LogP contribution in [0.2, 0.25) is 0 Å². The van der Waals surface area contributed by atoms with Gasteiger partial charge in [0, 0.05) is 11.3 Å². The van der Waals surface area contributed by atoms with Gasteiger partial charge in [-0.3, -0.25) is 14.2 Å². The molecule has 1 aliphatic heterocycles. The number of hydrogen-bond donors (Lipinski definition) is 1. The summed E-state index contributed by atoms with van der Waals surface area (Å²) < 4.78 is 18.4. The van der Waals surface area contributed by atoms with Crippen LogP contribution in [-0.2, 0) is 4.79 Å². The number of hydrogen-bond acceptors (Lipinski definition) is 8. The van der Waals surface area contributed by atoms with Gasteiger partial charge in [0.05, 0.1) is 36.1 Å². The molecular weight excluding hydrogens is 540 g/mol. The molecule has 0 saturated carbocycles. The van der Waals surface area contributed by atoms with E-state index >= 15 is 0 Å². The Morgan fingerprint density at radius 3 is 2.51 bits per heavy atom. The molecule has 0 radical (unpaired) electrons. The summed E-state index contributed by atoms with van der Waals surface area (Å²) in [6.07, 6.45) is 1.71. The highest BCUT2D eigenvalue weighted by molar-refractivity contribution is 7.07. The third-order valence-electron chi connectivity index (χ3n) is 6.52. The molecule has 10 heteroatoms. The molecule has 5 rings (SSSR count). The zero-order valence-electron chi connectivity index (χ0n) is 22.6. The van der Waals surface area contributed by atoms with Gasteiger partial charge in [-0.05, 0) is 48.9 Å². The first-order valence-electron chi connectivity index (χ1n) is 12.6. The Hall–Kier alpha value is -5.14. The van der Waals surface area contributed by atoms with Gasteiger partial charge in [0.15, 0.2) is 22.9 Å². The van der Waals surface area contributed by atoms with Crippen LogP contribution in [0.3, 0.4) is 0 Å². The molecule has 3 aromatic carbocycles. The highest BCUT2D eigenvalue weighted by atomic mass is 32.1. The van der Waals surface area contributed by atoms with Crippen LogP contribution in [0.25, 0.3) is 6.08 Å². The number of para-hydroxylation sites is 2. The first kappa shape index (κ1) is 27.4. The molecule has 41 heavy (non-hydrogen) atoms.